The van der Waals surface area contributed by atoms with Crippen molar-refractivity contribution in [1.82, 2.24) is 19.8 Å². The number of nitrogens with zero attached hydrogens (tertiary/aromatic N) is 3. The van der Waals surface area contributed by atoms with Crippen LogP contribution >= 0.6 is 0 Å². The SMILES string of the molecule is COc1ccc(-c2nc3ccc(C(=O)N4CCN(Cc5ccccc5F)C[C@@H]4C(C)C)cc3[nH]2)cc1. The topological polar surface area (TPSA) is 61.5 Å². The lowest BCUT2D eigenvalue weighted by Gasteiger charge is -2.43. The predicted molar refractivity (Wildman–Crippen MR) is 139 cm³/mol. The molecular weight excluding hydrogens is 455 g/mol. The van der Waals surface area contributed by atoms with Crippen molar-refractivity contribution in [2.24, 2.45) is 5.92 Å². The maximum atomic E-state index is 14.2. The van der Waals surface area contributed by atoms with E-state index in [1.54, 1.807) is 13.2 Å². The number of nitrogens with one attached hydrogen (secondary N) is 1. The van der Waals surface area contributed by atoms with Crippen LogP contribution in [0.15, 0.2) is 66.7 Å². The number of halogens is 1. The number of rotatable bonds is 6. The molecule has 0 radical (unpaired) electrons. The average Bonchev–Trinajstić information content (AvgIpc) is 3.33. The number of hydrogen-bond acceptors (Lipinski definition) is 4. The zero-order valence-corrected chi connectivity index (χ0v) is 20.9. The molecule has 1 N–H and O–H groups in total. The fourth-order valence-electron chi connectivity index (χ4n) is 4.90. The summed E-state index contributed by atoms with van der Waals surface area (Å²) in [4.78, 5) is 25.9. The summed E-state index contributed by atoms with van der Waals surface area (Å²) in [5, 5.41) is 0. The van der Waals surface area contributed by atoms with Crippen LogP contribution < -0.4 is 4.74 Å². The van der Waals surface area contributed by atoms with Gasteiger partial charge in [-0.3, -0.25) is 9.69 Å². The highest BCUT2D eigenvalue weighted by Gasteiger charge is 2.33. The van der Waals surface area contributed by atoms with E-state index in [0.29, 0.717) is 37.3 Å². The summed E-state index contributed by atoms with van der Waals surface area (Å²) in [5.41, 5.74) is 3.92. The summed E-state index contributed by atoms with van der Waals surface area (Å²) in [6.45, 7) is 6.84. The van der Waals surface area contributed by atoms with Gasteiger partial charge in [0.15, 0.2) is 0 Å². The number of carbonyl (C=O) groups excluding carboxylic acids is 1. The minimum absolute atomic E-state index is 0.0155. The second-order valence-corrected chi connectivity index (χ2v) is 9.68. The summed E-state index contributed by atoms with van der Waals surface area (Å²) >= 11 is 0. The molecule has 1 atom stereocenters. The first-order valence-electron chi connectivity index (χ1n) is 12.3. The van der Waals surface area contributed by atoms with E-state index in [1.165, 1.54) is 6.07 Å². The Kier molecular flexibility index (Phi) is 6.74. The lowest BCUT2D eigenvalue weighted by atomic mass is 9.98. The Balaban J connectivity index is 1.34. The van der Waals surface area contributed by atoms with Gasteiger partial charge in [0.1, 0.15) is 17.4 Å². The molecular formula is C29H31FN4O2. The van der Waals surface area contributed by atoms with Crippen molar-refractivity contribution in [1.29, 1.82) is 0 Å². The fraction of sp³-hybridized carbons (Fsp3) is 0.310. The van der Waals surface area contributed by atoms with Gasteiger partial charge in [-0.05, 0) is 54.4 Å². The Morgan fingerprint density at radius 2 is 1.89 bits per heavy atom. The number of hydrogen-bond donors (Lipinski definition) is 1. The average molecular weight is 487 g/mol. The van der Waals surface area contributed by atoms with Gasteiger partial charge in [0.2, 0.25) is 0 Å². The van der Waals surface area contributed by atoms with Crippen LogP contribution in [-0.4, -0.2) is 58.5 Å². The van der Waals surface area contributed by atoms with E-state index in [4.69, 9.17) is 9.72 Å². The van der Waals surface area contributed by atoms with Crippen LogP contribution in [0.3, 0.4) is 0 Å². The van der Waals surface area contributed by atoms with Gasteiger partial charge in [0, 0.05) is 48.9 Å². The molecule has 186 valence electrons. The Bertz CT molecular complexity index is 1370. The third-order valence-corrected chi connectivity index (χ3v) is 6.98. The van der Waals surface area contributed by atoms with Crippen molar-refractivity contribution in [3.05, 3.63) is 83.7 Å². The largest absolute Gasteiger partial charge is 0.497 e. The third-order valence-electron chi connectivity index (χ3n) is 6.98. The number of aromatic amines is 1. The van der Waals surface area contributed by atoms with E-state index in [9.17, 15) is 9.18 Å². The Morgan fingerprint density at radius 1 is 1.11 bits per heavy atom. The number of ether oxygens (including phenoxy) is 1. The molecule has 1 aromatic heterocycles. The molecule has 4 aromatic rings. The van der Waals surface area contributed by atoms with Gasteiger partial charge in [-0.15, -0.1) is 0 Å². The molecule has 1 saturated heterocycles. The quantitative estimate of drug-likeness (QED) is 0.399. The van der Waals surface area contributed by atoms with Crippen LogP contribution in [0.5, 0.6) is 5.75 Å². The Morgan fingerprint density at radius 3 is 2.61 bits per heavy atom. The molecule has 6 nitrogen and oxygen atoms in total. The number of carbonyl (C=O) groups is 1. The summed E-state index contributed by atoms with van der Waals surface area (Å²) in [5.74, 6) is 1.64. The third kappa shape index (κ3) is 4.84. The monoisotopic (exact) mass is 486 g/mol. The number of benzene rings is 3. The zero-order chi connectivity index (χ0) is 25.2. The van der Waals surface area contributed by atoms with Crippen molar-refractivity contribution in [3.8, 4) is 17.1 Å². The van der Waals surface area contributed by atoms with Crippen LogP contribution in [0.1, 0.15) is 29.8 Å². The van der Waals surface area contributed by atoms with Gasteiger partial charge in [-0.1, -0.05) is 32.0 Å². The molecule has 36 heavy (non-hydrogen) atoms. The van der Waals surface area contributed by atoms with Gasteiger partial charge in [-0.25, -0.2) is 9.37 Å². The van der Waals surface area contributed by atoms with Gasteiger partial charge >= 0.3 is 0 Å². The molecule has 0 unspecified atom stereocenters. The number of H-pyrrole nitrogens is 1. The van der Waals surface area contributed by atoms with Crippen molar-refractivity contribution in [2.45, 2.75) is 26.4 Å². The minimum atomic E-state index is -0.182. The highest BCUT2D eigenvalue weighted by atomic mass is 19.1. The molecule has 0 bridgehead atoms. The van der Waals surface area contributed by atoms with Gasteiger partial charge in [-0.2, -0.15) is 0 Å². The molecule has 0 aliphatic carbocycles. The number of fused-ring (bicyclic) bond motifs is 1. The summed E-state index contributed by atoms with van der Waals surface area (Å²) in [6, 6.07) is 20.3. The first kappa shape index (κ1) is 24.0. The second-order valence-electron chi connectivity index (χ2n) is 9.68. The van der Waals surface area contributed by atoms with Crippen LogP contribution in [0.25, 0.3) is 22.4 Å². The summed E-state index contributed by atoms with van der Waals surface area (Å²) < 4.78 is 19.4. The Hall–Kier alpha value is -3.71. The smallest absolute Gasteiger partial charge is 0.254 e. The van der Waals surface area contributed by atoms with E-state index in [1.807, 2.05) is 59.5 Å². The number of amides is 1. The van der Waals surface area contributed by atoms with Crippen molar-refractivity contribution in [2.75, 3.05) is 26.7 Å². The number of aromatic nitrogens is 2. The van der Waals surface area contributed by atoms with Crippen molar-refractivity contribution >= 4 is 16.9 Å². The molecule has 1 aliphatic rings. The molecule has 1 fully saturated rings. The van der Waals surface area contributed by atoms with E-state index in [-0.39, 0.29) is 23.7 Å². The molecule has 0 spiro atoms. The van der Waals surface area contributed by atoms with Crippen molar-refractivity contribution < 1.29 is 13.9 Å². The molecule has 7 heteroatoms. The number of methoxy groups -OCH3 is 1. The first-order valence-corrected chi connectivity index (χ1v) is 12.3. The van der Waals surface area contributed by atoms with E-state index >= 15 is 0 Å². The maximum Gasteiger partial charge on any atom is 0.254 e. The number of imidazole rings is 1. The Labute approximate surface area is 210 Å². The normalized spacial score (nSPS) is 16.6. The fourth-order valence-corrected chi connectivity index (χ4v) is 4.90. The molecule has 3 aromatic carbocycles. The van der Waals surface area contributed by atoms with Crippen LogP contribution in [-0.2, 0) is 6.54 Å². The predicted octanol–water partition coefficient (Wildman–Crippen LogP) is 5.36. The first-order chi connectivity index (χ1) is 17.4. The minimum Gasteiger partial charge on any atom is -0.497 e. The molecule has 0 saturated carbocycles. The number of piperazine rings is 1. The maximum absolute atomic E-state index is 14.2. The lowest BCUT2D eigenvalue weighted by Crippen LogP contribution is -2.56. The van der Waals surface area contributed by atoms with Crippen molar-refractivity contribution in [3.63, 3.8) is 0 Å². The van der Waals surface area contributed by atoms with E-state index in [2.05, 4.69) is 23.7 Å². The van der Waals surface area contributed by atoms with Crippen LogP contribution in [0.4, 0.5) is 4.39 Å². The van der Waals surface area contributed by atoms with Crippen LogP contribution in [0, 0.1) is 11.7 Å². The molecule has 1 aliphatic heterocycles. The lowest BCUT2D eigenvalue weighted by molar-refractivity contribution is 0.0326. The summed E-state index contributed by atoms with van der Waals surface area (Å²) in [7, 11) is 1.64. The second kappa shape index (κ2) is 10.1. The summed E-state index contributed by atoms with van der Waals surface area (Å²) in [6.07, 6.45) is 0. The standard InChI is InChI=1S/C29H31FN4O2/c1-19(2)27-18-33(17-22-6-4-5-7-24(22)30)14-15-34(27)29(35)21-10-13-25-26(16-21)32-28(31-25)20-8-11-23(36-3)12-9-20/h4-13,16,19,27H,14-15,17-18H2,1-3H3,(H,31,32)/t27-/m1/s1. The van der Waals surface area contributed by atoms with Gasteiger partial charge < -0.3 is 14.6 Å². The van der Waals surface area contributed by atoms with Gasteiger partial charge in [0.05, 0.1) is 18.1 Å². The highest BCUT2D eigenvalue weighted by molar-refractivity contribution is 5.98. The van der Waals surface area contributed by atoms with E-state index in [0.717, 1.165) is 28.2 Å². The highest BCUT2D eigenvalue weighted by Crippen LogP contribution is 2.26. The van der Waals surface area contributed by atoms with E-state index < -0.39 is 0 Å². The molecule has 5 rings (SSSR count). The van der Waals surface area contributed by atoms with Crippen LogP contribution in [0.2, 0.25) is 0 Å². The zero-order valence-electron chi connectivity index (χ0n) is 20.9. The molecule has 1 amide bonds. The van der Waals surface area contributed by atoms with Gasteiger partial charge in [0.25, 0.3) is 5.91 Å². The molecule has 2 heterocycles.